The van der Waals surface area contributed by atoms with Crippen molar-refractivity contribution < 1.29 is 16.8 Å². The number of nitrogens with zero attached hydrogens (tertiary/aromatic N) is 2. The maximum Gasteiger partial charge on any atom is 0.245 e. The van der Waals surface area contributed by atoms with Gasteiger partial charge in [-0.2, -0.15) is 16.1 Å². The lowest BCUT2D eigenvalue weighted by atomic mass is 10.5. The van der Waals surface area contributed by atoms with E-state index in [0.717, 1.165) is 10.6 Å². The molecule has 0 radical (unpaired) electrons. The van der Waals surface area contributed by atoms with Gasteiger partial charge in [0.2, 0.25) is 10.0 Å². The molecule has 1 aliphatic rings. The van der Waals surface area contributed by atoms with Gasteiger partial charge in [0.1, 0.15) is 16.1 Å². The molecular formula is C11H17N3O4S3. The minimum Gasteiger partial charge on any atom is -0.373 e. The SMILES string of the molecule is CNc1ccc(S(=O)(=O)N2CCSCC2S(C)(=O)=O)cn1. The lowest BCUT2D eigenvalue weighted by Crippen LogP contribution is -2.49. The molecule has 0 saturated carbocycles. The van der Waals surface area contributed by atoms with Crippen LogP contribution >= 0.6 is 11.8 Å². The first kappa shape index (κ1) is 16.5. The van der Waals surface area contributed by atoms with E-state index in [2.05, 4.69) is 10.3 Å². The normalized spacial score (nSPS) is 21.1. The van der Waals surface area contributed by atoms with E-state index >= 15 is 0 Å². The zero-order chi connectivity index (χ0) is 15.7. The third-order valence-electron chi connectivity index (χ3n) is 3.13. The van der Waals surface area contributed by atoms with Crippen LogP contribution in [0, 0.1) is 0 Å². The first-order chi connectivity index (χ1) is 9.76. The van der Waals surface area contributed by atoms with Crippen molar-refractivity contribution in [2.24, 2.45) is 0 Å². The van der Waals surface area contributed by atoms with Crippen LogP contribution in [0.5, 0.6) is 0 Å². The van der Waals surface area contributed by atoms with Crippen LogP contribution in [0.3, 0.4) is 0 Å². The molecule has 2 heterocycles. The molecule has 1 aromatic rings. The summed E-state index contributed by atoms with van der Waals surface area (Å²) in [6, 6.07) is 2.97. The zero-order valence-electron chi connectivity index (χ0n) is 11.7. The Morgan fingerprint density at radius 2 is 2.05 bits per heavy atom. The first-order valence-corrected chi connectivity index (χ1v) is 10.7. The summed E-state index contributed by atoms with van der Waals surface area (Å²) in [6.45, 7) is 0.179. The Bertz CT molecular complexity index is 701. The van der Waals surface area contributed by atoms with Gasteiger partial charge in [-0.15, -0.1) is 0 Å². The molecule has 1 fully saturated rings. The number of sulfonamides is 1. The molecule has 0 spiro atoms. The van der Waals surface area contributed by atoms with Gasteiger partial charge < -0.3 is 5.32 Å². The quantitative estimate of drug-likeness (QED) is 0.829. The fourth-order valence-corrected chi connectivity index (χ4v) is 7.11. The van der Waals surface area contributed by atoms with Crippen molar-refractivity contribution in [3.8, 4) is 0 Å². The van der Waals surface area contributed by atoms with Gasteiger partial charge in [0, 0.05) is 37.6 Å². The second kappa shape index (κ2) is 6.11. The van der Waals surface area contributed by atoms with E-state index in [0.29, 0.717) is 11.6 Å². The molecule has 0 aromatic carbocycles. The molecule has 1 aromatic heterocycles. The highest BCUT2D eigenvalue weighted by molar-refractivity contribution is 8.01. The molecule has 1 atom stereocenters. The number of nitrogens with one attached hydrogen (secondary N) is 1. The highest BCUT2D eigenvalue weighted by Crippen LogP contribution is 2.27. The second-order valence-electron chi connectivity index (χ2n) is 4.60. The third-order valence-corrected chi connectivity index (χ3v) is 7.80. The number of rotatable bonds is 4. The fraction of sp³-hybridized carbons (Fsp3) is 0.545. The van der Waals surface area contributed by atoms with E-state index in [1.54, 1.807) is 13.1 Å². The van der Waals surface area contributed by atoms with Crippen LogP contribution in [0.25, 0.3) is 0 Å². The number of aromatic nitrogens is 1. The van der Waals surface area contributed by atoms with E-state index in [9.17, 15) is 16.8 Å². The largest absolute Gasteiger partial charge is 0.373 e. The smallest absolute Gasteiger partial charge is 0.245 e. The third kappa shape index (κ3) is 3.50. The minimum absolute atomic E-state index is 0.00190. The molecule has 7 nitrogen and oxygen atoms in total. The summed E-state index contributed by atoms with van der Waals surface area (Å²) in [5.74, 6) is 1.37. The number of hydrogen-bond acceptors (Lipinski definition) is 7. The molecule has 2 rings (SSSR count). The summed E-state index contributed by atoms with van der Waals surface area (Å²) in [4.78, 5) is 3.98. The molecule has 1 unspecified atom stereocenters. The van der Waals surface area contributed by atoms with E-state index < -0.39 is 25.2 Å². The van der Waals surface area contributed by atoms with Crippen molar-refractivity contribution in [3.05, 3.63) is 18.3 Å². The van der Waals surface area contributed by atoms with Crippen LogP contribution in [-0.4, -0.2) is 62.9 Å². The number of hydrogen-bond donors (Lipinski definition) is 1. The van der Waals surface area contributed by atoms with E-state index in [-0.39, 0.29) is 17.2 Å². The van der Waals surface area contributed by atoms with Crippen molar-refractivity contribution in [1.29, 1.82) is 0 Å². The summed E-state index contributed by atoms with van der Waals surface area (Å²) in [6.07, 6.45) is 2.30. The summed E-state index contributed by atoms with van der Waals surface area (Å²) >= 11 is 1.44. The Kier molecular flexibility index (Phi) is 4.81. The van der Waals surface area contributed by atoms with Crippen molar-refractivity contribution in [3.63, 3.8) is 0 Å². The van der Waals surface area contributed by atoms with Gasteiger partial charge in [-0.05, 0) is 12.1 Å². The highest BCUT2D eigenvalue weighted by atomic mass is 32.2. The Labute approximate surface area is 129 Å². The maximum absolute atomic E-state index is 12.6. The monoisotopic (exact) mass is 351 g/mol. The number of sulfone groups is 1. The predicted octanol–water partition coefficient (Wildman–Crippen LogP) is 0.231. The van der Waals surface area contributed by atoms with Crippen LogP contribution in [0.1, 0.15) is 0 Å². The predicted molar refractivity (Wildman–Crippen MR) is 83.6 cm³/mol. The zero-order valence-corrected chi connectivity index (χ0v) is 14.1. The highest BCUT2D eigenvalue weighted by Gasteiger charge is 2.39. The van der Waals surface area contributed by atoms with Gasteiger partial charge in [0.25, 0.3) is 0 Å². The van der Waals surface area contributed by atoms with E-state index in [1.807, 2.05) is 0 Å². The molecule has 0 bridgehead atoms. The topological polar surface area (TPSA) is 96.4 Å². The Morgan fingerprint density at radius 3 is 2.57 bits per heavy atom. The van der Waals surface area contributed by atoms with Gasteiger partial charge in [-0.25, -0.2) is 21.8 Å². The van der Waals surface area contributed by atoms with Crippen LogP contribution in [-0.2, 0) is 19.9 Å². The van der Waals surface area contributed by atoms with Gasteiger partial charge in [0.15, 0.2) is 9.84 Å². The van der Waals surface area contributed by atoms with Gasteiger partial charge in [-0.3, -0.25) is 0 Å². The van der Waals surface area contributed by atoms with Crippen molar-refractivity contribution >= 4 is 37.4 Å². The van der Waals surface area contributed by atoms with Crippen molar-refractivity contribution in [1.82, 2.24) is 9.29 Å². The maximum atomic E-state index is 12.6. The van der Waals surface area contributed by atoms with Crippen LogP contribution < -0.4 is 5.32 Å². The standard InChI is InChI=1S/C11H17N3O4S3/c1-12-10-4-3-9(7-13-10)21(17,18)14-5-6-19-8-11(14)20(2,15)16/h3-4,7,11H,5-6,8H2,1-2H3,(H,12,13). The van der Waals surface area contributed by atoms with Crippen LogP contribution in [0.4, 0.5) is 5.82 Å². The van der Waals surface area contributed by atoms with Gasteiger partial charge in [0.05, 0.1) is 0 Å². The first-order valence-electron chi connectivity index (χ1n) is 6.19. The summed E-state index contributed by atoms with van der Waals surface area (Å²) in [5, 5.41) is 1.78. The molecule has 21 heavy (non-hydrogen) atoms. The van der Waals surface area contributed by atoms with Crippen molar-refractivity contribution in [2.45, 2.75) is 10.3 Å². The molecule has 1 N–H and O–H groups in total. The van der Waals surface area contributed by atoms with Gasteiger partial charge >= 0.3 is 0 Å². The van der Waals surface area contributed by atoms with Crippen LogP contribution in [0.15, 0.2) is 23.2 Å². The average Bonchev–Trinajstić information content (AvgIpc) is 2.46. The second-order valence-corrected chi connectivity index (χ2v) is 9.85. The summed E-state index contributed by atoms with van der Waals surface area (Å²) < 4.78 is 50.0. The fourth-order valence-electron chi connectivity index (χ4n) is 1.99. The molecule has 0 aliphatic carbocycles. The Hall–Kier alpha value is -0.840. The Balaban J connectivity index is 2.40. The van der Waals surface area contributed by atoms with Gasteiger partial charge in [-0.1, -0.05) is 0 Å². The van der Waals surface area contributed by atoms with E-state index in [1.165, 1.54) is 24.0 Å². The number of pyridine rings is 1. The average molecular weight is 351 g/mol. The Morgan fingerprint density at radius 1 is 1.33 bits per heavy atom. The molecule has 1 aliphatic heterocycles. The molecule has 1 saturated heterocycles. The van der Waals surface area contributed by atoms with Crippen molar-refractivity contribution in [2.75, 3.05) is 36.7 Å². The van der Waals surface area contributed by atoms with E-state index in [4.69, 9.17) is 0 Å². The molecule has 0 amide bonds. The number of anilines is 1. The minimum atomic E-state index is -3.87. The number of thioether (sulfide) groups is 1. The molecule has 10 heteroatoms. The molecule has 118 valence electrons. The van der Waals surface area contributed by atoms with Crippen LogP contribution in [0.2, 0.25) is 0 Å². The lowest BCUT2D eigenvalue weighted by Gasteiger charge is -2.32. The lowest BCUT2D eigenvalue weighted by molar-refractivity contribution is 0.405. The summed E-state index contributed by atoms with van der Waals surface area (Å²) in [5.41, 5.74) is 0. The summed E-state index contributed by atoms with van der Waals surface area (Å²) in [7, 11) is -5.68. The molecular weight excluding hydrogens is 334 g/mol.